The Morgan fingerprint density at radius 1 is 1.07 bits per heavy atom. The quantitative estimate of drug-likeness (QED) is 0.526. The van der Waals surface area contributed by atoms with Gasteiger partial charge < -0.3 is 13.9 Å². The summed E-state index contributed by atoms with van der Waals surface area (Å²) in [6.45, 7) is 1.28. The number of aromatic amines is 1. The zero-order valence-corrected chi connectivity index (χ0v) is 16.1. The van der Waals surface area contributed by atoms with Crippen molar-refractivity contribution >= 4 is 11.1 Å². The molecule has 7 heteroatoms. The Kier molecular flexibility index (Phi) is 4.99. The summed E-state index contributed by atoms with van der Waals surface area (Å²) < 4.78 is 16.6. The topological polar surface area (TPSA) is 76.4 Å². The van der Waals surface area contributed by atoms with E-state index in [9.17, 15) is 0 Å². The van der Waals surface area contributed by atoms with Gasteiger partial charge in [0.25, 0.3) is 0 Å². The predicted molar refractivity (Wildman–Crippen MR) is 106 cm³/mol. The van der Waals surface area contributed by atoms with Crippen molar-refractivity contribution in [3.8, 4) is 22.8 Å². The maximum atomic E-state index is 5.82. The smallest absolute Gasteiger partial charge is 0.209 e. The van der Waals surface area contributed by atoms with Gasteiger partial charge in [0.15, 0.2) is 5.58 Å². The third-order valence-corrected chi connectivity index (χ3v) is 4.58. The number of para-hydroxylation sites is 2. The van der Waals surface area contributed by atoms with Gasteiger partial charge in [-0.2, -0.15) is 5.10 Å². The molecule has 0 aliphatic heterocycles. The highest BCUT2D eigenvalue weighted by molar-refractivity contribution is 5.72. The lowest BCUT2D eigenvalue weighted by molar-refractivity contribution is 0.285. The molecule has 0 bridgehead atoms. The number of ether oxygens (including phenoxy) is 2. The molecule has 1 N–H and O–H groups in total. The molecule has 0 saturated heterocycles. The fourth-order valence-electron chi connectivity index (χ4n) is 3.23. The van der Waals surface area contributed by atoms with Crippen LogP contribution in [0.5, 0.6) is 11.5 Å². The monoisotopic (exact) mass is 378 g/mol. The molecule has 0 atom stereocenters. The van der Waals surface area contributed by atoms with Crippen molar-refractivity contribution in [3.63, 3.8) is 0 Å². The third kappa shape index (κ3) is 3.57. The Morgan fingerprint density at radius 3 is 2.71 bits per heavy atom. The van der Waals surface area contributed by atoms with Gasteiger partial charge in [-0.25, -0.2) is 4.98 Å². The average Bonchev–Trinajstić information content (AvgIpc) is 3.33. The van der Waals surface area contributed by atoms with E-state index in [4.69, 9.17) is 13.9 Å². The molecule has 0 unspecified atom stereocenters. The summed E-state index contributed by atoms with van der Waals surface area (Å²) in [5.74, 6) is 2.16. The molecule has 7 nitrogen and oxygen atoms in total. The van der Waals surface area contributed by atoms with E-state index in [0.717, 1.165) is 39.4 Å². The van der Waals surface area contributed by atoms with Crippen molar-refractivity contribution in [3.05, 3.63) is 60.1 Å². The molecule has 0 fully saturated rings. The van der Waals surface area contributed by atoms with E-state index >= 15 is 0 Å². The zero-order valence-electron chi connectivity index (χ0n) is 16.1. The standard InChI is InChI=1S/C21H22N4O3/c1-25(13-20-23-17-6-4-5-7-18(17)28-20)12-14-11-22-24-21(14)16-9-8-15(26-2)10-19(16)27-3/h4-11H,12-13H2,1-3H3,(H,22,24). The van der Waals surface area contributed by atoms with Crippen molar-refractivity contribution in [2.45, 2.75) is 13.1 Å². The molecule has 2 aromatic heterocycles. The number of nitrogens with one attached hydrogen (secondary N) is 1. The van der Waals surface area contributed by atoms with Crippen molar-refractivity contribution in [1.82, 2.24) is 20.1 Å². The Balaban J connectivity index is 1.54. The van der Waals surface area contributed by atoms with Gasteiger partial charge in [0.1, 0.15) is 17.0 Å². The first kappa shape index (κ1) is 18.1. The van der Waals surface area contributed by atoms with Gasteiger partial charge in [0, 0.05) is 23.7 Å². The SMILES string of the molecule is COc1ccc(-c2[nH]ncc2CN(C)Cc2nc3ccccc3o2)c(OC)c1. The normalized spacial score (nSPS) is 11.3. The first-order valence-corrected chi connectivity index (χ1v) is 8.95. The molecule has 0 amide bonds. The van der Waals surface area contributed by atoms with Gasteiger partial charge in [-0.1, -0.05) is 12.1 Å². The molecule has 0 radical (unpaired) electrons. The van der Waals surface area contributed by atoms with Crippen molar-refractivity contribution in [2.75, 3.05) is 21.3 Å². The van der Waals surface area contributed by atoms with Crippen molar-refractivity contribution in [2.24, 2.45) is 0 Å². The van der Waals surface area contributed by atoms with Crippen LogP contribution in [0.3, 0.4) is 0 Å². The molecule has 0 aliphatic rings. The second kappa shape index (κ2) is 7.74. The van der Waals surface area contributed by atoms with Gasteiger partial charge in [-0.15, -0.1) is 0 Å². The maximum absolute atomic E-state index is 5.82. The number of methoxy groups -OCH3 is 2. The molecule has 0 aliphatic carbocycles. The van der Waals surface area contributed by atoms with Gasteiger partial charge >= 0.3 is 0 Å². The van der Waals surface area contributed by atoms with Crippen molar-refractivity contribution < 1.29 is 13.9 Å². The molecular formula is C21H22N4O3. The largest absolute Gasteiger partial charge is 0.497 e. The Labute approximate surface area is 162 Å². The number of nitrogens with zero attached hydrogens (tertiary/aromatic N) is 3. The molecule has 4 aromatic rings. The Morgan fingerprint density at radius 2 is 1.93 bits per heavy atom. The summed E-state index contributed by atoms with van der Waals surface area (Å²) in [5.41, 5.74) is 4.59. The zero-order chi connectivity index (χ0) is 19.5. The predicted octanol–water partition coefficient (Wildman–Crippen LogP) is 3.87. The number of rotatable bonds is 7. The molecule has 0 spiro atoms. The fourth-order valence-corrected chi connectivity index (χ4v) is 3.23. The number of benzene rings is 2. The van der Waals surface area contributed by atoms with Crippen LogP contribution in [0.2, 0.25) is 0 Å². The van der Waals surface area contributed by atoms with Crippen LogP contribution in [0.1, 0.15) is 11.5 Å². The highest BCUT2D eigenvalue weighted by Gasteiger charge is 2.16. The summed E-state index contributed by atoms with van der Waals surface area (Å²) in [6.07, 6.45) is 1.83. The third-order valence-electron chi connectivity index (χ3n) is 4.58. The Hall–Kier alpha value is -3.32. The summed E-state index contributed by atoms with van der Waals surface area (Å²) in [6, 6.07) is 13.5. The maximum Gasteiger partial charge on any atom is 0.209 e. The van der Waals surface area contributed by atoms with E-state index in [-0.39, 0.29) is 0 Å². The summed E-state index contributed by atoms with van der Waals surface area (Å²) in [7, 11) is 5.31. The fraction of sp³-hybridized carbons (Fsp3) is 0.238. The lowest BCUT2D eigenvalue weighted by Gasteiger charge is -2.15. The number of fused-ring (bicyclic) bond motifs is 1. The first-order valence-electron chi connectivity index (χ1n) is 8.95. The van der Waals surface area contributed by atoms with Crippen LogP contribution in [-0.2, 0) is 13.1 Å². The summed E-state index contributed by atoms with van der Waals surface area (Å²) >= 11 is 0. The molecule has 2 aromatic carbocycles. The van der Waals surface area contributed by atoms with E-state index < -0.39 is 0 Å². The molecule has 4 rings (SSSR count). The summed E-state index contributed by atoms with van der Waals surface area (Å²) in [5, 5.41) is 7.32. The molecule has 144 valence electrons. The second-order valence-electron chi connectivity index (χ2n) is 6.58. The minimum Gasteiger partial charge on any atom is -0.497 e. The van der Waals surface area contributed by atoms with Gasteiger partial charge in [-0.05, 0) is 31.3 Å². The average molecular weight is 378 g/mol. The van der Waals surface area contributed by atoms with Gasteiger partial charge in [0.2, 0.25) is 5.89 Å². The number of H-pyrrole nitrogens is 1. The molecular weight excluding hydrogens is 356 g/mol. The van der Waals surface area contributed by atoms with Crippen LogP contribution < -0.4 is 9.47 Å². The van der Waals surface area contributed by atoms with Crippen LogP contribution in [0, 0.1) is 0 Å². The molecule has 28 heavy (non-hydrogen) atoms. The first-order chi connectivity index (χ1) is 13.7. The van der Waals surface area contributed by atoms with E-state index in [2.05, 4.69) is 20.1 Å². The van der Waals surface area contributed by atoms with E-state index in [1.807, 2.05) is 55.7 Å². The lowest BCUT2D eigenvalue weighted by Crippen LogP contribution is -2.17. The molecule has 0 saturated carbocycles. The second-order valence-corrected chi connectivity index (χ2v) is 6.58. The van der Waals surface area contributed by atoms with E-state index in [1.165, 1.54) is 0 Å². The molecule has 2 heterocycles. The highest BCUT2D eigenvalue weighted by Crippen LogP contribution is 2.34. The van der Waals surface area contributed by atoms with Crippen LogP contribution >= 0.6 is 0 Å². The van der Waals surface area contributed by atoms with Crippen LogP contribution in [0.25, 0.3) is 22.4 Å². The Bertz CT molecular complexity index is 1050. The summed E-state index contributed by atoms with van der Waals surface area (Å²) in [4.78, 5) is 6.68. The number of hydrogen-bond donors (Lipinski definition) is 1. The van der Waals surface area contributed by atoms with E-state index in [0.29, 0.717) is 19.0 Å². The van der Waals surface area contributed by atoms with Gasteiger partial charge in [0.05, 0.1) is 32.7 Å². The number of aromatic nitrogens is 3. The van der Waals surface area contributed by atoms with Crippen molar-refractivity contribution in [1.29, 1.82) is 0 Å². The lowest BCUT2D eigenvalue weighted by atomic mass is 10.1. The van der Waals surface area contributed by atoms with Crippen LogP contribution in [0.15, 0.2) is 53.1 Å². The highest BCUT2D eigenvalue weighted by atomic mass is 16.5. The van der Waals surface area contributed by atoms with Crippen LogP contribution in [-0.4, -0.2) is 41.3 Å². The minimum atomic E-state index is 0.596. The van der Waals surface area contributed by atoms with E-state index in [1.54, 1.807) is 14.2 Å². The number of oxazole rings is 1. The van der Waals surface area contributed by atoms with Gasteiger partial charge in [-0.3, -0.25) is 10.00 Å². The minimum absolute atomic E-state index is 0.596. The number of hydrogen-bond acceptors (Lipinski definition) is 6. The van der Waals surface area contributed by atoms with Crippen LogP contribution in [0.4, 0.5) is 0 Å².